The molecule has 122 valence electrons. The van der Waals surface area contributed by atoms with Crippen LogP contribution in [0.15, 0.2) is 24.4 Å². The van der Waals surface area contributed by atoms with Gasteiger partial charge in [0, 0.05) is 19.3 Å². The molecule has 1 saturated heterocycles. The standard InChI is InChI=1S/C16H16ClF2N3O/c1-2-22-15(5-6-20-22)14-4-3-7-21(14)16(23)10-8-12(18)13(19)9-11(10)17/h5-6,8-9,14H,2-4,7H2,1H3/t14-/m0/s1. The van der Waals surface area contributed by atoms with Crippen molar-refractivity contribution in [2.24, 2.45) is 0 Å². The van der Waals surface area contributed by atoms with Crippen molar-refractivity contribution < 1.29 is 13.6 Å². The predicted octanol–water partition coefficient (Wildman–Crippen LogP) is 3.81. The molecule has 1 aliphatic rings. The molecule has 0 bridgehead atoms. The van der Waals surface area contributed by atoms with Crippen LogP contribution in [0.1, 0.15) is 41.9 Å². The molecule has 1 atom stereocenters. The number of benzene rings is 1. The number of carbonyl (C=O) groups excluding carboxylic acids is 1. The van der Waals surface area contributed by atoms with Gasteiger partial charge in [0.15, 0.2) is 11.6 Å². The first-order chi connectivity index (χ1) is 11.0. The Morgan fingerprint density at radius 2 is 2.13 bits per heavy atom. The van der Waals surface area contributed by atoms with Gasteiger partial charge in [0.05, 0.1) is 22.3 Å². The maximum atomic E-state index is 13.5. The van der Waals surface area contributed by atoms with E-state index >= 15 is 0 Å². The number of amides is 1. The lowest BCUT2D eigenvalue weighted by Crippen LogP contribution is -2.32. The summed E-state index contributed by atoms with van der Waals surface area (Å²) in [6.45, 7) is 3.23. The Morgan fingerprint density at radius 1 is 1.39 bits per heavy atom. The topological polar surface area (TPSA) is 38.1 Å². The molecule has 0 unspecified atom stereocenters. The van der Waals surface area contributed by atoms with Crippen LogP contribution < -0.4 is 0 Å². The zero-order chi connectivity index (χ0) is 16.6. The van der Waals surface area contributed by atoms with Crippen LogP contribution in [-0.2, 0) is 6.54 Å². The molecule has 2 aromatic rings. The van der Waals surface area contributed by atoms with Gasteiger partial charge in [-0.3, -0.25) is 9.48 Å². The highest BCUT2D eigenvalue weighted by molar-refractivity contribution is 6.33. The fraction of sp³-hybridized carbons (Fsp3) is 0.375. The molecule has 0 radical (unpaired) electrons. The molecule has 2 heterocycles. The van der Waals surface area contributed by atoms with Crippen LogP contribution in [0.25, 0.3) is 0 Å². The van der Waals surface area contributed by atoms with E-state index < -0.39 is 11.6 Å². The van der Waals surface area contributed by atoms with E-state index in [-0.39, 0.29) is 22.5 Å². The van der Waals surface area contributed by atoms with Crippen molar-refractivity contribution in [2.45, 2.75) is 32.4 Å². The van der Waals surface area contributed by atoms with Crippen molar-refractivity contribution in [1.82, 2.24) is 14.7 Å². The maximum absolute atomic E-state index is 13.5. The molecule has 0 spiro atoms. The third kappa shape index (κ3) is 2.83. The summed E-state index contributed by atoms with van der Waals surface area (Å²) in [4.78, 5) is 14.4. The molecule has 1 aromatic carbocycles. The Labute approximate surface area is 137 Å². The quantitative estimate of drug-likeness (QED) is 0.797. The summed E-state index contributed by atoms with van der Waals surface area (Å²) in [6, 6.07) is 3.46. The molecular formula is C16H16ClF2N3O. The van der Waals surface area contributed by atoms with Gasteiger partial charge in [-0.1, -0.05) is 11.6 Å². The van der Waals surface area contributed by atoms with E-state index in [0.717, 1.165) is 30.7 Å². The lowest BCUT2D eigenvalue weighted by atomic mass is 10.1. The Hall–Kier alpha value is -1.95. The van der Waals surface area contributed by atoms with Gasteiger partial charge in [-0.15, -0.1) is 0 Å². The molecule has 1 aliphatic heterocycles. The summed E-state index contributed by atoms with van der Waals surface area (Å²) in [5.74, 6) is -2.53. The maximum Gasteiger partial charge on any atom is 0.256 e. The third-order valence-electron chi connectivity index (χ3n) is 4.14. The largest absolute Gasteiger partial charge is 0.330 e. The van der Waals surface area contributed by atoms with E-state index in [4.69, 9.17) is 11.6 Å². The molecule has 1 fully saturated rings. The van der Waals surface area contributed by atoms with Crippen LogP contribution in [0.4, 0.5) is 8.78 Å². The van der Waals surface area contributed by atoms with Crippen molar-refractivity contribution in [3.63, 3.8) is 0 Å². The van der Waals surface area contributed by atoms with Crippen LogP contribution in [0.2, 0.25) is 5.02 Å². The zero-order valence-electron chi connectivity index (χ0n) is 12.6. The van der Waals surface area contributed by atoms with Crippen LogP contribution in [-0.4, -0.2) is 27.1 Å². The molecule has 1 amide bonds. The fourth-order valence-electron chi connectivity index (χ4n) is 3.05. The molecule has 0 aliphatic carbocycles. The minimum atomic E-state index is -1.08. The second-order valence-electron chi connectivity index (χ2n) is 5.47. The average molecular weight is 340 g/mol. The minimum absolute atomic E-state index is 0.0139. The molecule has 7 heteroatoms. The monoisotopic (exact) mass is 339 g/mol. The molecule has 0 N–H and O–H groups in total. The Kier molecular flexibility index (Phi) is 4.35. The number of rotatable bonds is 3. The van der Waals surface area contributed by atoms with Crippen LogP contribution >= 0.6 is 11.6 Å². The van der Waals surface area contributed by atoms with Gasteiger partial charge in [-0.25, -0.2) is 8.78 Å². The number of aryl methyl sites for hydroxylation is 1. The van der Waals surface area contributed by atoms with E-state index in [1.807, 2.05) is 17.7 Å². The van der Waals surface area contributed by atoms with Gasteiger partial charge in [-0.2, -0.15) is 5.10 Å². The van der Waals surface area contributed by atoms with E-state index in [1.165, 1.54) is 0 Å². The van der Waals surface area contributed by atoms with E-state index in [9.17, 15) is 13.6 Å². The van der Waals surface area contributed by atoms with Crippen molar-refractivity contribution >= 4 is 17.5 Å². The number of hydrogen-bond acceptors (Lipinski definition) is 2. The summed E-state index contributed by atoms with van der Waals surface area (Å²) in [7, 11) is 0. The number of carbonyl (C=O) groups is 1. The molecule has 0 saturated carbocycles. The molecule has 4 nitrogen and oxygen atoms in total. The van der Waals surface area contributed by atoms with Gasteiger partial charge in [0.2, 0.25) is 0 Å². The fourth-order valence-corrected chi connectivity index (χ4v) is 3.28. The van der Waals surface area contributed by atoms with Crippen LogP contribution in [0.5, 0.6) is 0 Å². The summed E-state index contributed by atoms with van der Waals surface area (Å²) in [5, 5.41) is 4.15. The normalized spacial score (nSPS) is 17.7. The van der Waals surface area contributed by atoms with Gasteiger partial charge in [-0.05, 0) is 38.0 Å². The number of likely N-dealkylation sites (tertiary alicyclic amines) is 1. The number of halogens is 3. The smallest absolute Gasteiger partial charge is 0.256 e. The van der Waals surface area contributed by atoms with Crippen LogP contribution in [0, 0.1) is 11.6 Å². The molecular weight excluding hydrogens is 324 g/mol. The van der Waals surface area contributed by atoms with Crippen LogP contribution in [0.3, 0.4) is 0 Å². The highest BCUT2D eigenvalue weighted by atomic mass is 35.5. The zero-order valence-corrected chi connectivity index (χ0v) is 13.4. The van der Waals surface area contributed by atoms with E-state index in [0.29, 0.717) is 13.1 Å². The summed E-state index contributed by atoms with van der Waals surface area (Å²) >= 11 is 5.93. The van der Waals surface area contributed by atoms with Crippen molar-refractivity contribution in [1.29, 1.82) is 0 Å². The Balaban J connectivity index is 1.94. The van der Waals surface area contributed by atoms with Crippen molar-refractivity contribution in [3.8, 4) is 0 Å². The number of aromatic nitrogens is 2. The highest BCUT2D eigenvalue weighted by Crippen LogP contribution is 2.34. The van der Waals surface area contributed by atoms with E-state index in [2.05, 4.69) is 5.10 Å². The number of nitrogens with zero attached hydrogens (tertiary/aromatic N) is 3. The van der Waals surface area contributed by atoms with Gasteiger partial charge < -0.3 is 4.90 Å². The first-order valence-electron chi connectivity index (χ1n) is 7.50. The molecule has 23 heavy (non-hydrogen) atoms. The minimum Gasteiger partial charge on any atom is -0.330 e. The second kappa shape index (κ2) is 6.28. The number of hydrogen-bond donors (Lipinski definition) is 0. The predicted molar refractivity (Wildman–Crippen MR) is 82.3 cm³/mol. The van der Waals surface area contributed by atoms with Crippen molar-refractivity contribution in [3.05, 3.63) is 52.3 Å². The SMILES string of the molecule is CCn1nccc1[C@@H]1CCCN1C(=O)c1cc(F)c(F)cc1Cl. The first kappa shape index (κ1) is 15.9. The second-order valence-corrected chi connectivity index (χ2v) is 5.88. The summed E-state index contributed by atoms with van der Waals surface area (Å²) in [5.41, 5.74) is 0.928. The summed E-state index contributed by atoms with van der Waals surface area (Å²) in [6.07, 6.45) is 3.34. The average Bonchev–Trinajstić information content (AvgIpc) is 3.17. The Bertz CT molecular complexity index is 747. The van der Waals surface area contributed by atoms with Gasteiger partial charge in [0.1, 0.15) is 0 Å². The van der Waals surface area contributed by atoms with Crippen molar-refractivity contribution in [2.75, 3.05) is 6.54 Å². The first-order valence-corrected chi connectivity index (χ1v) is 7.88. The lowest BCUT2D eigenvalue weighted by molar-refractivity contribution is 0.0729. The highest BCUT2D eigenvalue weighted by Gasteiger charge is 2.33. The van der Waals surface area contributed by atoms with Gasteiger partial charge >= 0.3 is 0 Å². The van der Waals surface area contributed by atoms with Gasteiger partial charge in [0.25, 0.3) is 5.91 Å². The third-order valence-corrected chi connectivity index (χ3v) is 4.46. The molecule has 1 aromatic heterocycles. The Morgan fingerprint density at radius 3 is 2.87 bits per heavy atom. The van der Waals surface area contributed by atoms with E-state index in [1.54, 1.807) is 11.1 Å². The summed E-state index contributed by atoms with van der Waals surface area (Å²) < 4.78 is 28.5. The molecule has 3 rings (SSSR count). The lowest BCUT2D eigenvalue weighted by Gasteiger charge is -2.25.